The number of hydrogen-bond acceptors (Lipinski definition) is 2. The minimum Gasteiger partial charge on any atom is -0.328 e. The van der Waals surface area contributed by atoms with Gasteiger partial charge in [0.05, 0.1) is 4.34 Å². The van der Waals surface area contributed by atoms with E-state index >= 15 is 0 Å². The van der Waals surface area contributed by atoms with Gasteiger partial charge in [0, 0.05) is 6.04 Å². The second kappa shape index (κ2) is 3.99. The Bertz CT molecular complexity index is 284. The minimum absolute atomic E-state index is 0.444. The molecule has 1 nitrogen and oxygen atoms in total. The first-order valence-corrected chi connectivity index (χ1v) is 5.98. The molecule has 13 heavy (non-hydrogen) atoms. The van der Waals surface area contributed by atoms with Crippen LogP contribution in [-0.2, 0) is 6.42 Å². The van der Waals surface area contributed by atoms with Crippen molar-refractivity contribution in [1.82, 2.24) is 0 Å². The summed E-state index contributed by atoms with van der Waals surface area (Å²) in [4.78, 5) is 0. The Morgan fingerprint density at radius 1 is 1.54 bits per heavy atom. The number of thiophene rings is 1. The zero-order valence-electron chi connectivity index (χ0n) is 7.50. The Morgan fingerprint density at radius 3 is 2.92 bits per heavy atom. The van der Waals surface area contributed by atoms with Gasteiger partial charge >= 0.3 is 0 Å². The molecule has 2 atom stereocenters. The van der Waals surface area contributed by atoms with Crippen molar-refractivity contribution in [1.29, 1.82) is 0 Å². The molecule has 0 saturated heterocycles. The molecule has 1 aromatic rings. The molecule has 2 rings (SSSR count). The molecule has 0 aromatic carbocycles. The third kappa shape index (κ3) is 2.46. The van der Waals surface area contributed by atoms with Crippen molar-refractivity contribution in [2.75, 3.05) is 0 Å². The SMILES string of the molecule is NC1CCC(Cc2csc(Cl)c2)C1. The summed E-state index contributed by atoms with van der Waals surface area (Å²) < 4.78 is 0.900. The van der Waals surface area contributed by atoms with E-state index in [4.69, 9.17) is 17.3 Å². The molecular formula is C10H14ClNS. The molecule has 2 N–H and O–H groups in total. The van der Waals surface area contributed by atoms with Crippen molar-refractivity contribution in [2.45, 2.75) is 31.7 Å². The summed E-state index contributed by atoms with van der Waals surface area (Å²) in [6.45, 7) is 0. The molecule has 1 aliphatic carbocycles. The Balaban J connectivity index is 1.91. The van der Waals surface area contributed by atoms with Gasteiger partial charge in [-0.3, -0.25) is 0 Å². The van der Waals surface area contributed by atoms with Crippen LogP contribution in [0.5, 0.6) is 0 Å². The van der Waals surface area contributed by atoms with Gasteiger partial charge in [0.15, 0.2) is 0 Å². The Labute approximate surface area is 87.9 Å². The van der Waals surface area contributed by atoms with Gasteiger partial charge in [-0.2, -0.15) is 0 Å². The average molecular weight is 216 g/mol. The first kappa shape index (κ1) is 9.50. The summed E-state index contributed by atoms with van der Waals surface area (Å²) in [5, 5.41) is 2.16. The monoisotopic (exact) mass is 215 g/mol. The molecule has 1 aromatic heterocycles. The van der Waals surface area contributed by atoms with Crippen molar-refractivity contribution in [3.05, 3.63) is 21.3 Å². The summed E-state index contributed by atoms with van der Waals surface area (Å²) >= 11 is 7.49. The van der Waals surface area contributed by atoms with E-state index in [1.807, 2.05) is 0 Å². The number of hydrogen-bond donors (Lipinski definition) is 1. The Morgan fingerprint density at radius 2 is 2.38 bits per heavy atom. The lowest BCUT2D eigenvalue weighted by Gasteiger charge is -2.06. The molecule has 3 heteroatoms. The van der Waals surface area contributed by atoms with E-state index in [9.17, 15) is 0 Å². The van der Waals surface area contributed by atoms with E-state index in [2.05, 4.69) is 11.4 Å². The van der Waals surface area contributed by atoms with Gasteiger partial charge in [-0.15, -0.1) is 11.3 Å². The first-order chi connectivity index (χ1) is 6.24. The fraction of sp³-hybridized carbons (Fsp3) is 0.600. The summed E-state index contributed by atoms with van der Waals surface area (Å²) in [5.74, 6) is 0.792. The van der Waals surface area contributed by atoms with Gasteiger partial charge in [0.25, 0.3) is 0 Å². The van der Waals surface area contributed by atoms with Crippen LogP contribution in [0.1, 0.15) is 24.8 Å². The van der Waals surface area contributed by atoms with Gasteiger partial charge < -0.3 is 5.73 Å². The van der Waals surface area contributed by atoms with Crippen molar-refractivity contribution in [3.8, 4) is 0 Å². The fourth-order valence-corrected chi connectivity index (χ4v) is 3.01. The number of halogens is 1. The van der Waals surface area contributed by atoms with Gasteiger partial charge in [-0.05, 0) is 48.6 Å². The molecule has 0 radical (unpaired) electrons. The molecule has 0 bridgehead atoms. The highest BCUT2D eigenvalue weighted by Gasteiger charge is 2.21. The lowest BCUT2D eigenvalue weighted by molar-refractivity contribution is 0.536. The second-order valence-corrected chi connectivity index (χ2v) is 5.44. The van der Waals surface area contributed by atoms with Crippen LogP contribution in [-0.4, -0.2) is 6.04 Å². The lowest BCUT2D eigenvalue weighted by Crippen LogP contribution is -2.15. The zero-order valence-corrected chi connectivity index (χ0v) is 9.07. The topological polar surface area (TPSA) is 26.0 Å². The van der Waals surface area contributed by atoms with Crippen molar-refractivity contribution >= 4 is 22.9 Å². The van der Waals surface area contributed by atoms with Crippen LogP contribution in [0.25, 0.3) is 0 Å². The minimum atomic E-state index is 0.444. The van der Waals surface area contributed by atoms with E-state index in [0.29, 0.717) is 6.04 Å². The molecule has 1 saturated carbocycles. The van der Waals surface area contributed by atoms with Crippen LogP contribution < -0.4 is 5.73 Å². The van der Waals surface area contributed by atoms with E-state index in [1.165, 1.54) is 24.8 Å². The van der Waals surface area contributed by atoms with Gasteiger partial charge in [0.2, 0.25) is 0 Å². The second-order valence-electron chi connectivity index (χ2n) is 3.90. The van der Waals surface area contributed by atoms with Crippen molar-refractivity contribution in [2.24, 2.45) is 11.7 Å². The zero-order chi connectivity index (χ0) is 9.26. The molecule has 0 aliphatic heterocycles. The van der Waals surface area contributed by atoms with E-state index in [-0.39, 0.29) is 0 Å². The van der Waals surface area contributed by atoms with E-state index in [0.717, 1.165) is 16.7 Å². The maximum Gasteiger partial charge on any atom is 0.0931 e. The van der Waals surface area contributed by atoms with E-state index in [1.54, 1.807) is 11.3 Å². The summed E-state index contributed by atoms with van der Waals surface area (Å²) in [7, 11) is 0. The predicted octanol–water partition coefficient (Wildman–Crippen LogP) is 3.07. The molecular weight excluding hydrogens is 202 g/mol. The molecule has 1 aliphatic rings. The highest BCUT2D eigenvalue weighted by atomic mass is 35.5. The standard InChI is InChI=1S/C10H14ClNS/c11-10-5-8(6-13-10)3-7-1-2-9(12)4-7/h5-7,9H,1-4,12H2. The molecule has 0 amide bonds. The third-order valence-electron chi connectivity index (χ3n) is 2.73. The van der Waals surface area contributed by atoms with Gasteiger partial charge in [-0.1, -0.05) is 11.6 Å². The molecule has 2 unspecified atom stereocenters. The van der Waals surface area contributed by atoms with Crippen LogP contribution in [0.3, 0.4) is 0 Å². The Kier molecular flexibility index (Phi) is 2.92. The van der Waals surface area contributed by atoms with Gasteiger partial charge in [-0.25, -0.2) is 0 Å². The molecule has 72 valence electrons. The predicted molar refractivity (Wildman–Crippen MR) is 58.3 cm³/mol. The van der Waals surface area contributed by atoms with Crippen LogP contribution in [0.15, 0.2) is 11.4 Å². The summed E-state index contributed by atoms with van der Waals surface area (Å²) in [6, 6.07) is 2.52. The third-order valence-corrected chi connectivity index (χ3v) is 3.87. The summed E-state index contributed by atoms with van der Waals surface area (Å²) in [5.41, 5.74) is 7.24. The van der Waals surface area contributed by atoms with Crippen LogP contribution in [0.4, 0.5) is 0 Å². The van der Waals surface area contributed by atoms with Crippen molar-refractivity contribution in [3.63, 3.8) is 0 Å². The smallest absolute Gasteiger partial charge is 0.0931 e. The fourth-order valence-electron chi connectivity index (χ4n) is 2.09. The van der Waals surface area contributed by atoms with Crippen LogP contribution >= 0.6 is 22.9 Å². The lowest BCUT2D eigenvalue weighted by atomic mass is 10.00. The van der Waals surface area contributed by atoms with Gasteiger partial charge in [0.1, 0.15) is 0 Å². The quantitative estimate of drug-likeness (QED) is 0.807. The normalized spacial score (nSPS) is 28.2. The highest BCUT2D eigenvalue weighted by Crippen LogP contribution is 2.29. The number of nitrogens with two attached hydrogens (primary N) is 1. The highest BCUT2D eigenvalue weighted by molar-refractivity contribution is 7.14. The maximum atomic E-state index is 5.87. The maximum absolute atomic E-state index is 5.87. The average Bonchev–Trinajstić information content (AvgIpc) is 2.62. The number of rotatable bonds is 2. The van der Waals surface area contributed by atoms with E-state index < -0.39 is 0 Å². The largest absolute Gasteiger partial charge is 0.328 e. The molecule has 1 heterocycles. The molecule has 0 spiro atoms. The first-order valence-electron chi connectivity index (χ1n) is 4.72. The molecule has 1 fully saturated rings. The summed E-state index contributed by atoms with van der Waals surface area (Å²) in [6.07, 6.45) is 4.83. The Hall–Kier alpha value is -0.0500. The van der Waals surface area contributed by atoms with Crippen molar-refractivity contribution < 1.29 is 0 Å². The van der Waals surface area contributed by atoms with Crippen LogP contribution in [0.2, 0.25) is 4.34 Å². The van der Waals surface area contributed by atoms with Crippen LogP contribution in [0, 0.1) is 5.92 Å².